The van der Waals surface area contributed by atoms with Crippen molar-refractivity contribution in [2.24, 2.45) is 5.14 Å². The highest BCUT2D eigenvalue weighted by Gasteiger charge is 2.13. The zero-order valence-corrected chi connectivity index (χ0v) is 17.0. The molecule has 28 heavy (non-hydrogen) atoms. The highest BCUT2D eigenvalue weighted by Crippen LogP contribution is 2.32. The van der Waals surface area contributed by atoms with Crippen molar-refractivity contribution in [3.05, 3.63) is 42.2 Å². The number of methoxy groups -OCH3 is 1. The third-order valence-corrected chi connectivity index (χ3v) is 5.73. The molecule has 148 valence electrons. The highest BCUT2D eigenvalue weighted by molar-refractivity contribution is 7.89. The quantitative estimate of drug-likeness (QED) is 0.473. The lowest BCUT2D eigenvalue weighted by molar-refractivity contribution is 0.211. The highest BCUT2D eigenvalue weighted by atomic mass is 32.2. The lowest BCUT2D eigenvalue weighted by Gasteiger charge is -2.07. The third kappa shape index (κ3) is 5.01. The summed E-state index contributed by atoms with van der Waals surface area (Å²) in [5, 5.41) is 12.2. The average molecular weight is 421 g/mol. The van der Waals surface area contributed by atoms with Gasteiger partial charge in [0, 0.05) is 25.5 Å². The first-order chi connectivity index (χ1) is 13.4. The Morgan fingerprint density at radius 3 is 2.82 bits per heavy atom. The molecule has 2 heterocycles. The predicted octanol–water partition coefficient (Wildman–Crippen LogP) is 2.36. The maximum Gasteiger partial charge on any atom is 0.238 e. The molecule has 9 nitrogen and oxygen atoms in total. The molecular weight excluding hydrogens is 400 g/mol. The summed E-state index contributed by atoms with van der Waals surface area (Å²) >= 11 is 1.49. The zero-order valence-electron chi connectivity index (χ0n) is 15.3. The zero-order chi connectivity index (χ0) is 20.1. The second-order valence-electron chi connectivity index (χ2n) is 5.82. The van der Waals surface area contributed by atoms with Crippen molar-refractivity contribution in [3.8, 4) is 10.6 Å². The summed E-state index contributed by atoms with van der Waals surface area (Å²) in [4.78, 5) is 14.1. The number of nitrogens with zero attached hydrogens (tertiary/aromatic N) is 3. The normalized spacial score (nSPS) is 11.4. The van der Waals surface area contributed by atoms with Crippen molar-refractivity contribution >= 4 is 38.1 Å². The average Bonchev–Trinajstić information content (AvgIpc) is 3.02. The number of hydrogen-bond donors (Lipinski definition) is 3. The van der Waals surface area contributed by atoms with Crippen LogP contribution in [0.3, 0.4) is 0 Å². The van der Waals surface area contributed by atoms with Gasteiger partial charge in [0.25, 0.3) is 0 Å². The molecule has 0 aliphatic rings. The number of sulfonamides is 1. The number of benzene rings is 1. The number of nitrogens with one attached hydrogen (secondary N) is 2. The van der Waals surface area contributed by atoms with Crippen LogP contribution in [-0.4, -0.2) is 43.6 Å². The topological polar surface area (TPSA) is 132 Å². The molecule has 2 aromatic heterocycles. The van der Waals surface area contributed by atoms with Crippen LogP contribution in [0.2, 0.25) is 0 Å². The second kappa shape index (κ2) is 8.61. The van der Waals surface area contributed by atoms with Gasteiger partial charge in [-0.05, 0) is 31.2 Å². The van der Waals surface area contributed by atoms with Gasteiger partial charge in [0.2, 0.25) is 16.0 Å². The summed E-state index contributed by atoms with van der Waals surface area (Å²) in [6.45, 7) is 3.17. The van der Waals surface area contributed by atoms with Crippen molar-refractivity contribution in [1.82, 2.24) is 15.0 Å². The van der Waals surface area contributed by atoms with Crippen LogP contribution in [0.1, 0.15) is 5.69 Å². The molecule has 3 aromatic rings. The third-order valence-electron chi connectivity index (χ3n) is 3.69. The molecule has 0 saturated heterocycles. The Hall–Kier alpha value is -2.60. The molecule has 0 aliphatic carbocycles. The van der Waals surface area contributed by atoms with Gasteiger partial charge in [-0.25, -0.2) is 28.5 Å². The number of aromatic nitrogens is 3. The van der Waals surface area contributed by atoms with E-state index in [0.717, 1.165) is 21.4 Å². The minimum absolute atomic E-state index is 0.0127. The molecule has 0 unspecified atom stereocenters. The number of ether oxygens (including phenoxy) is 1. The van der Waals surface area contributed by atoms with E-state index in [1.807, 2.05) is 6.92 Å². The lowest BCUT2D eigenvalue weighted by Crippen LogP contribution is -2.12. The number of primary sulfonamides is 1. The fourth-order valence-electron chi connectivity index (χ4n) is 2.40. The summed E-state index contributed by atoms with van der Waals surface area (Å²) in [6, 6.07) is 7.96. The standard InChI is InChI=1S/C17H20N6O3S2/c1-11-15(27-17(21-11)20-8-9-26-2)14-6-7-19-16(23-14)22-12-4-3-5-13(10-12)28(18,24)25/h3-7,10H,8-9H2,1-2H3,(H,20,21)(H2,18,24,25)(H,19,22,23). The van der Waals surface area contributed by atoms with Gasteiger partial charge in [-0.3, -0.25) is 0 Å². The van der Waals surface area contributed by atoms with E-state index in [0.29, 0.717) is 24.8 Å². The Bertz CT molecular complexity index is 1070. The summed E-state index contributed by atoms with van der Waals surface area (Å²) < 4.78 is 28.0. The van der Waals surface area contributed by atoms with Gasteiger partial charge in [0.15, 0.2) is 5.13 Å². The van der Waals surface area contributed by atoms with Crippen molar-refractivity contribution in [3.63, 3.8) is 0 Å². The van der Waals surface area contributed by atoms with E-state index in [-0.39, 0.29) is 4.90 Å². The molecule has 0 bridgehead atoms. The van der Waals surface area contributed by atoms with Gasteiger partial charge >= 0.3 is 0 Å². The van der Waals surface area contributed by atoms with E-state index in [9.17, 15) is 8.42 Å². The van der Waals surface area contributed by atoms with Crippen LogP contribution in [0.15, 0.2) is 41.4 Å². The van der Waals surface area contributed by atoms with Crippen LogP contribution in [-0.2, 0) is 14.8 Å². The van der Waals surface area contributed by atoms with Gasteiger partial charge < -0.3 is 15.4 Å². The van der Waals surface area contributed by atoms with Gasteiger partial charge in [0.05, 0.1) is 27.8 Å². The summed E-state index contributed by atoms with van der Waals surface area (Å²) in [5.74, 6) is 0.339. The van der Waals surface area contributed by atoms with E-state index in [1.54, 1.807) is 31.5 Å². The van der Waals surface area contributed by atoms with Crippen molar-refractivity contribution < 1.29 is 13.2 Å². The monoisotopic (exact) mass is 420 g/mol. The molecule has 0 radical (unpaired) electrons. The van der Waals surface area contributed by atoms with Crippen molar-refractivity contribution in [2.45, 2.75) is 11.8 Å². The lowest BCUT2D eigenvalue weighted by atomic mass is 10.3. The number of hydrogen-bond acceptors (Lipinski definition) is 9. The summed E-state index contributed by atoms with van der Waals surface area (Å²) in [6.07, 6.45) is 1.63. The van der Waals surface area contributed by atoms with Crippen LogP contribution in [0.4, 0.5) is 16.8 Å². The second-order valence-corrected chi connectivity index (χ2v) is 8.38. The molecule has 1 aromatic carbocycles. The predicted molar refractivity (Wildman–Crippen MR) is 109 cm³/mol. The van der Waals surface area contributed by atoms with Gasteiger partial charge in [-0.2, -0.15) is 0 Å². The molecule has 3 rings (SSSR count). The Kier molecular flexibility index (Phi) is 6.19. The van der Waals surface area contributed by atoms with Crippen LogP contribution in [0.5, 0.6) is 0 Å². The maximum atomic E-state index is 11.5. The minimum Gasteiger partial charge on any atom is -0.383 e. The fraction of sp³-hybridized carbons (Fsp3) is 0.235. The van der Waals surface area contributed by atoms with E-state index < -0.39 is 10.0 Å². The Morgan fingerprint density at radius 1 is 1.25 bits per heavy atom. The Morgan fingerprint density at radius 2 is 2.07 bits per heavy atom. The van der Waals surface area contributed by atoms with Gasteiger partial charge in [-0.1, -0.05) is 17.4 Å². The molecular formula is C17H20N6O3S2. The molecule has 0 fully saturated rings. The molecule has 0 saturated carbocycles. The first kappa shape index (κ1) is 20.1. The fourth-order valence-corrected chi connectivity index (χ4v) is 3.92. The van der Waals surface area contributed by atoms with Gasteiger partial charge in [-0.15, -0.1) is 0 Å². The van der Waals surface area contributed by atoms with E-state index in [4.69, 9.17) is 9.88 Å². The maximum absolute atomic E-state index is 11.5. The number of nitrogens with two attached hydrogens (primary N) is 1. The molecule has 4 N–H and O–H groups in total. The first-order valence-electron chi connectivity index (χ1n) is 8.30. The largest absolute Gasteiger partial charge is 0.383 e. The molecule has 0 amide bonds. The number of rotatable bonds is 8. The first-order valence-corrected chi connectivity index (χ1v) is 10.7. The van der Waals surface area contributed by atoms with E-state index >= 15 is 0 Å². The SMILES string of the molecule is COCCNc1nc(C)c(-c2ccnc(Nc3cccc(S(N)(=O)=O)c3)n2)s1. The number of anilines is 3. The van der Waals surface area contributed by atoms with Crippen LogP contribution in [0, 0.1) is 6.92 Å². The Balaban J connectivity index is 1.82. The van der Waals surface area contributed by atoms with Crippen LogP contribution >= 0.6 is 11.3 Å². The summed E-state index contributed by atoms with van der Waals surface area (Å²) in [5.41, 5.74) is 2.09. The van der Waals surface area contributed by atoms with E-state index in [2.05, 4.69) is 25.6 Å². The van der Waals surface area contributed by atoms with Crippen LogP contribution < -0.4 is 15.8 Å². The van der Waals surface area contributed by atoms with Crippen molar-refractivity contribution in [2.75, 3.05) is 30.9 Å². The van der Waals surface area contributed by atoms with Crippen molar-refractivity contribution in [1.29, 1.82) is 0 Å². The molecule has 0 spiro atoms. The van der Waals surface area contributed by atoms with Gasteiger partial charge in [0.1, 0.15) is 0 Å². The summed E-state index contributed by atoms with van der Waals surface area (Å²) in [7, 11) is -2.14. The number of thiazole rings is 1. The Labute approximate surface area is 167 Å². The van der Waals surface area contributed by atoms with E-state index in [1.165, 1.54) is 23.5 Å². The molecule has 0 aliphatic heterocycles. The smallest absolute Gasteiger partial charge is 0.238 e. The number of aryl methyl sites for hydroxylation is 1. The minimum atomic E-state index is -3.78. The molecule has 11 heteroatoms. The van der Waals surface area contributed by atoms with Crippen LogP contribution in [0.25, 0.3) is 10.6 Å². The molecule has 0 atom stereocenters.